The van der Waals surface area contributed by atoms with E-state index in [4.69, 9.17) is 5.84 Å². The number of halogens is 2. The second kappa shape index (κ2) is 7.42. The van der Waals surface area contributed by atoms with E-state index in [0.29, 0.717) is 5.95 Å². The number of rotatable bonds is 3. The monoisotopic (exact) mass is 275 g/mol. The summed E-state index contributed by atoms with van der Waals surface area (Å²) < 4.78 is 1.24. The number of nitrogen functional groups attached to an aromatic ring is 1. The van der Waals surface area contributed by atoms with E-state index < -0.39 is 0 Å². The second-order valence-electron chi connectivity index (χ2n) is 2.71. The Kier molecular flexibility index (Phi) is 6.61. The SMILES string of the molecule is Cl.Cl.Nn1cnnc1NN=Cc1ccncc1. The van der Waals surface area contributed by atoms with Crippen LogP contribution >= 0.6 is 24.8 Å². The molecule has 0 saturated carbocycles. The van der Waals surface area contributed by atoms with Crippen molar-refractivity contribution in [1.29, 1.82) is 0 Å². The summed E-state index contributed by atoms with van der Waals surface area (Å²) in [7, 11) is 0. The molecule has 92 valence electrons. The molecule has 2 heterocycles. The van der Waals surface area contributed by atoms with Gasteiger partial charge in [-0.1, -0.05) is 0 Å². The fourth-order valence-corrected chi connectivity index (χ4v) is 0.937. The van der Waals surface area contributed by atoms with Gasteiger partial charge in [-0.25, -0.2) is 10.1 Å². The van der Waals surface area contributed by atoms with Crippen LogP contribution in [0.1, 0.15) is 5.56 Å². The molecule has 0 saturated heterocycles. The first-order valence-electron chi connectivity index (χ1n) is 4.20. The fraction of sp³-hybridized carbons (Fsp3) is 0. The molecule has 0 aliphatic rings. The first-order chi connectivity index (χ1) is 7.36. The van der Waals surface area contributed by atoms with E-state index in [1.165, 1.54) is 11.0 Å². The van der Waals surface area contributed by atoms with E-state index in [1.54, 1.807) is 18.6 Å². The quantitative estimate of drug-likeness (QED) is 0.488. The zero-order valence-electron chi connectivity index (χ0n) is 8.59. The molecule has 9 heteroatoms. The third kappa shape index (κ3) is 4.25. The highest BCUT2D eigenvalue weighted by Gasteiger charge is 1.96. The Morgan fingerprint density at radius 3 is 2.59 bits per heavy atom. The lowest BCUT2D eigenvalue weighted by Crippen LogP contribution is -2.10. The van der Waals surface area contributed by atoms with Gasteiger partial charge in [0.1, 0.15) is 6.33 Å². The van der Waals surface area contributed by atoms with Crippen LogP contribution in [0.3, 0.4) is 0 Å². The smallest absolute Gasteiger partial charge is 0.263 e. The molecule has 17 heavy (non-hydrogen) atoms. The van der Waals surface area contributed by atoms with Crippen molar-refractivity contribution in [3.05, 3.63) is 36.4 Å². The van der Waals surface area contributed by atoms with Crippen molar-refractivity contribution in [2.24, 2.45) is 5.10 Å². The predicted octanol–water partition coefficient (Wildman–Crippen LogP) is 0.676. The largest absolute Gasteiger partial charge is 0.335 e. The van der Waals surface area contributed by atoms with Gasteiger partial charge in [-0.05, 0) is 17.7 Å². The highest BCUT2D eigenvalue weighted by Crippen LogP contribution is 1.96. The fourth-order valence-electron chi connectivity index (χ4n) is 0.937. The molecule has 0 aliphatic carbocycles. The summed E-state index contributed by atoms with van der Waals surface area (Å²) in [5.41, 5.74) is 3.59. The van der Waals surface area contributed by atoms with Crippen molar-refractivity contribution in [2.45, 2.75) is 0 Å². The van der Waals surface area contributed by atoms with Gasteiger partial charge in [0.15, 0.2) is 0 Å². The van der Waals surface area contributed by atoms with Crippen molar-refractivity contribution < 1.29 is 0 Å². The molecule has 0 radical (unpaired) electrons. The van der Waals surface area contributed by atoms with Gasteiger partial charge in [0.25, 0.3) is 5.95 Å². The van der Waals surface area contributed by atoms with E-state index in [2.05, 4.69) is 25.7 Å². The van der Waals surface area contributed by atoms with Gasteiger partial charge in [0.2, 0.25) is 0 Å². The van der Waals surface area contributed by atoms with Gasteiger partial charge in [0, 0.05) is 12.4 Å². The molecule has 0 atom stereocenters. The average molecular weight is 276 g/mol. The number of nitrogens with one attached hydrogen (secondary N) is 1. The third-order valence-electron chi connectivity index (χ3n) is 1.66. The number of nitrogens with two attached hydrogens (primary N) is 1. The Bertz CT molecular complexity index is 456. The van der Waals surface area contributed by atoms with Crippen molar-refractivity contribution in [3.63, 3.8) is 0 Å². The summed E-state index contributed by atoms with van der Waals surface area (Å²) in [5.74, 6) is 5.84. The molecule has 7 nitrogen and oxygen atoms in total. The first kappa shape index (κ1) is 15.1. The van der Waals surface area contributed by atoms with Crippen LogP contribution in [-0.2, 0) is 0 Å². The van der Waals surface area contributed by atoms with E-state index in [9.17, 15) is 0 Å². The average Bonchev–Trinajstić information content (AvgIpc) is 2.66. The molecule has 2 aromatic heterocycles. The number of hydrogen-bond acceptors (Lipinski definition) is 6. The van der Waals surface area contributed by atoms with Crippen LogP contribution in [0.25, 0.3) is 0 Å². The van der Waals surface area contributed by atoms with Gasteiger partial charge in [0.05, 0.1) is 6.21 Å². The Morgan fingerprint density at radius 2 is 2.00 bits per heavy atom. The maximum absolute atomic E-state index is 5.47. The van der Waals surface area contributed by atoms with Crippen molar-refractivity contribution in [3.8, 4) is 0 Å². The zero-order chi connectivity index (χ0) is 10.5. The van der Waals surface area contributed by atoms with Gasteiger partial charge in [-0.15, -0.1) is 35.0 Å². The Hall–Kier alpha value is -1.86. The molecular formula is C8H11Cl2N7. The van der Waals surface area contributed by atoms with Crippen LogP contribution in [0.15, 0.2) is 36.0 Å². The Morgan fingerprint density at radius 1 is 1.29 bits per heavy atom. The number of hydrogen-bond donors (Lipinski definition) is 2. The molecular weight excluding hydrogens is 265 g/mol. The highest BCUT2D eigenvalue weighted by atomic mass is 35.5. The first-order valence-corrected chi connectivity index (χ1v) is 4.20. The normalized spacial score (nSPS) is 9.41. The van der Waals surface area contributed by atoms with E-state index >= 15 is 0 Å². The van der Waals surface area contributed by atoms with E-state index in [1.807, 2.05) is 12.1 Å². The molecule has 2 rings (SSSR count). The number of hydrazone groups is 1. The van der Waals surface area contributed by atoms with Crippen molar-refractivity contribution >= 4 is 37.0 Å². The van der Waals surface area contributed by atoms with Crippen LogP contribution in [0.4, 0.5) is 5.95 Å². The highest BCUT2D eigenvalue weighted by molar-refractivity contribution is 5.85. The molecule has 3 N–H and O–H groups in total. The molecule has 0 aliphatic heterocycles. The molecule has 0 bridgehead atoms. The third-order valence-corrected chi connectivity index (χ3v) is 1.66. The topological polar surface area (TPSA) is 94.0 Å². The lowest BCUT2D eigenvalue weighted by molar-refractivity contribution is 0.988. The summed E-state index contributed by atoms with van der Waals surface area (Å²) in [6, 6.07) is 3.66. The number of nitrogens with zero attached hydrogens (tertiary/aromatic N) is 5. The molecule has 0 amide bonds. The van der Waals surface area contributed by atoms with E-state index in [0.717, 1.165) is 5.56 Å². The van der Waals surface area contributed by atoms with Crippen LogP contribution in [-0.4, -0.2) is 26.1 Å². The lowest BCUT2D eigenvalue weighted by Gasteiger charge is -1.96. The standard InChI is InChI=1S/C8H9N7.2ClH/c9-15-6-12-14-8(15)13-11-5-7-1-3-10-4-2-7;;/h1-6H,9H2,(H,13,14);2*1H. The number of aromatic nitrogens is 4. The van der Waals surface area contributed by atoms with Crippen LogP contribution in [0.5, 0.6) is 0 Å². The van der Waals surface area contributed by atoms with Crippen molar-refractivity contribution in [1.82, 2.24) is 19.9 Å². The zero-order valence-corrected chi connectivity index (χ0v) is 10.2. The Labute approximate surface area is 110 Å². The number of anilines is 1. The van der Waals surface area contributed by atoms with Gasteiger partial charge in [-0.3, -0.25) is 4.98 Å². The summed E-state index contributed by atoms with van der Waals surface area (Å²) in [5, 5.41) is 11.2. The number of pyridine rings is 1. The minimum atomic E-state index is 0. The summed E-state index contributed by atoms with van der Waals surface area (Å²) >= 11 is 0. The summed E-state index contributed by atoms with van der Waals surface area (Å²) in [6.07, 6.45) is 6.39. The Balaban J connectivity index is 0.00000128. The molecule has 0 aromatic carbocycles. The minimum absolute atomic E-state index is 0. The maximum Gasteiger partial charge on any atom is 0.263 e. The summed E-state index contributed by atoms with van der Waals surface area (Å²) in [6.45, 7) is 0. The molecule has 0 unspecified atom stereocenters. The van der Waals surface area contributed by atoms with Crippen LogP contribution in [0, 0.1) is 0 Å². The predicted molar refractivity (Wildman–Crippen MR) is 70.1 cm³/mol. The minimum Gasteiger partial charge on any atom is -0.335 e. The van der Waals surface area contributed by atoms with E-state index in [-0.39, 0.29) is 24.8 Å². The van der Waals surface area contributed by atoms with Gasteiger partial charge < -0.3 is 5.84 Å². The van der Waals surface area contributed by atoms with Gasteiger partial charge in [-0.2, -0.15) is 5.10 Å². The molecule has 0 spiro atoms. The molecule has 2 aromatic rings. The van der Waals surface area contributed by atoms with Crippen molar-refractivity contribution in [2.75, 3.05) is 11.3 Å². The van der Waals surface area contributed by atoms with Gasteiger partial charge >= 0.3 is 0 Å². The summed E-state index contributed by atoms with van der Waals surface area (Å²) in [4.78, 5) is 3.89. The van der Waals surface area contributed by atoms with Crippen LogP contribution in [0.2, 0.25) is 0 Å². The second-order valence-corrected chi connectivity index (χ2v) is 2.71. The lowest BCUT2D eigenvalue weighted by atomic mass is 10.3. The maximum atomic E-state index is 5.47. The molecule has 0 fully saturated rings. The van der Waals surface area contributed by atoms with Crippen LogP contribution < -0.4 is 11.3 Å².